The highest BCUT2D eigenvalue weighted by molar-refractivity contribution is 6.31. The highest BCUT2D eigenvalue weighted by atomic mass is 16.4. The minimum atomic E-state index is -1.12. The normalized spacial score (nSPS) is 11.7. The Labute approximate surface area is 178 Å². The van der Waals surface area contributed by atoms with E-state index in [1.807, 2.05) is 56.3 Å². The molecule has 2 atom stereocenters. The minimum Gasteiger partial charge on any atom is -0.480 e. The molecule has 7 nitrogen and oxygen atoms in total. The summed E-state index contributed by atoms with van der Waals surface area (Å²) >= 11 is 0. The van der Waals surface area contributed by atoms with Gasteiger partial charge in [-0.15, -0.1) is 0 Å². The van der Waals surface area contributed by atoms with Crippen LogP contribution in [0.2, 0.25) is 13.6 Å². The summed E-state index contributed by atoms with van der Waals surface area (Å²) in [6.45, 7) is 8.14. The first-order valence-corrected chi connectivity index (χ1v) is 9.92. The number of hydrogen-bond acceptors (Lipinski definition) is 5. The maximum absolute atomic E-state index is 11.0. The second-order valence-electron chi connectivity index (χ2n) is 7.20. The number of carboxylic acid groups (broad SMARTS) is 2. The summed E-state index contributed by atoms with van der Waals surface area (Å²) in [5.41, 5.74) is 6.08. The van der Waals surface area contributed by atoms with Gasteiger partial charge in [-0.3, -0.25) is 4.79 Å². The van der Waals surface area contributed by atoms with Crippen LogP contribution in [0.25, 0.3) is 10.8 Å². The molecule has 2 aromatic carbocycles. The number of isocyanates is 1. The second-order valence-corrected chi connectivity index (χ2v) is 7.20. The number of nitrogens with zero attached hydrogens (tertiary/aromatic N) is 1. The summed E-state index contributed by atoms with van der Waals surface area (Å²) in [4.78, 5) is 34.6. The summed E-state index contributed by atoms with van der Waals surface area (Å²) in [7, 11) is 1.25. The average Bonchev–Trinajstić information content (AvgIpc) is 2.68. The van der Waals surface area contributed by atoms with Crippen LogP contribution in [0.4, 0.5) is 0 Å². The van der Waals surface area contributed by atoms with Gasteiger partial charge in [-0.05, 0) is 28.7 Å². The number of rotatable bonds is 7. The van der Waals surface area contributed by atoms with Gasteiger partial charge in [0.1, 0.15) is 13.3 Å². The first kappa shape index (κ1) is 27.0. The number of aliphatic carboxylic acids is 2. The molecule has 0 bridgehead atoms. The SMILES string of the molecule is CBC.CC(C)C[C@H](N)C(=O)O.O=C=N[C@@H](Cc1cccc2ccccc12)C(=O)O. The fraction of sp³-hybridized carbons (Fsp3) is 0.409. The van der Waals surface area contributed by atoms with E-state index in [0.29, 0.717) is 12.3 Å². The number of carboxylic acids is 2. The lowest BCUT2D eigenvalue weighted by molar-refractivity contribution is -0.139. The van der Waals surface area contributed by atoms with Gasteiger partial charge in [0.15, 0.2) is 6.04 Å². The lowest BCUT2D eigenvalue weighted by atomic mass is 9.88. The zero-order valence-electron chi connectivity index (χ0n) is 18.0. The van der Waals surface area contributed by atoms with Gasteiger partial charge < -0.3 is 15.9 Å². The molecule has 0 aromatic heterocycles. The molecule has 0 saturated carbocycles. The molecule has 0 amide bonds. The standard InChI is InChI=1S/C14H11NO3.C6H13NO2.C2H7B/c16-9-15-13(14(17)18)8-11-6-3-5-10-4-1-2-7-12(10)11;1-4(2)3-5(7)6(8)9;1-3-2/h1-7,13H,8H2,(H,17,18);4-5H,3,7H2,1-2H3,(H,8,9);3H,1-2H3/t13-;5-;/m00./s1. The fourth-order valence-electron chi connectivity index (χ4n) is 2.54. The quantitative estimate of drug-likeness (QED) is 0.363. The van der Waals surface area contributed by atoms with Crippen molar-refractivity contribution in [2.24, 2.45) is 16.6 Å². The Morgan fingerprint density at radius 1 is 1.07 bits per heavy atom. The summed E-state index contributed by atoms with van der Waals surface area (Å²) in [6, 6.07) is 11.6. The van der Waals surface area contributed by atoms with Crippen molar-refractivity contribution in [1.82, 2.24) is 0 Å². The molecule has 0 unspecified atom stereocenters. The lowest BCUT2D eigenvalue weighted by Crippen LogP contribution is -2.31. The summed E-state index contributed by atoms with van der Waals surface area (Å²) in [5, 5.41) is 19.3. The zero-order chi connectivity index (χ0) is 23.1. The van der Waals surface area contributed by atoms with Crippen molar-refractivity contribution < 1.29 is 24.6 Å². The Balaban J connectivity index is 0.000000591. The highest BCUT2D eigenvalue weighted by Gasteiger charge is 2.17. The van der Waals surface area contributed by atoms with Crippen LogP contribution in [-0.2, 0) is 20.8 Å². The van der Waals surface area contributed by atoms with Crippen molar-refractivity contribution in [3.05, 3.63) is 48.0 Å². The molecule has 0 saturated heterocycles. The van der Waals surface area contributed by atoms with E-state index in [9.17, 15) is 14.4 Å². The maximum atomic E-state index is 11.0. The molecule has 8 heteroatoms. The van der Waals surface area contributed by atoms with E-state index in [0.717, 1.165) is 16.3 Å². The van der Waals surface area contributed by atoms with E-state index >= 15 is 0 Å². The van der Waals surface area contributed by atoms with Crippen LogP contribution in [-0.4, -0.2) is 47.6 Å². The Morgan fingerprint density at radius 3 is 2.10 bits per heavy atom. The van der Waals surface area contributed by atoms with Crippen LogP contribution in [0.1, 0.15) is 25.8 Å². The fourth-order valence-corrected chi connectivity index (χ4v) is 2.54. The van der Waals surface area contributed by atoms with Gasteiger partial charge in [0.05, 0.1) is 0 Å². The predicted octanol–water partition coefficient (Wildman–Crippen LogP) is 3.13. The third-order valence-corrected chi connectivity index (χ3v) is 3.83. The van der Waals surface area contributed by atoms with E-state index in [1.165, 1.54) is 13.4 Å². The first-order valence-electron chi connectivity index (χ1n) is 9.92. The van der Waals surface area contributed by atoms with Gasteiger partial charge in [-0.2, -0.15) is 4.99 Å². The smallest absolute Gasteiger partial charge is 0.329 e. The van der Waals surface area contributed by atoms with Crippen LogP contribution in [0.3, 0.4) is 0 Å². The molecular formula is C22H31BN2O5. The zero-order valence-corrected chi connectivity index (χ0v) is 18.0. The molecule has 2 rings (SSSR count). The Kier molecular flexibility index (Phi) is 13.5. The first-order chi connectivity index (χ1) is 14.2. The summed E-state index contributed by atoms with van der Waals surface area (Å²) in [5.74, 6) is -1.67. The molecule has 0 heterocycles. The largest absolute Gasteiger partial charge is 0.480 e. The number of carbonyl (C=O) groups excluding carboxylic acids is 1. The van der Waals surface area contributed by atoms with E-state index in [4.69, 9.17) is 15.9 Å². The molecule has 162 valence electrons. The molecule has 0 aliphatic rings. The van der Waals surface area contributed by atoms with Gasteiger partial charge >= 0.3 is 11.9 Å². The Morgan fingerprint density at radius 2 is 1.63 bits per heavy atom. The summed E-state index contributed by atoms with van der Waals surface area (Å²) in [6.07, 6.45) is 2.05. The van der Waals surface area contributed by atoms with Gasteiger partial charge in [0.2, 0.25) is 6.08 Å². The third kappa shape index (κ3) is 10.6. The number of carbonyl (C=O) groups is 2. The second kappa shape index (κ2) is 15.0. The molecule has 0 spiro atoms. The topological polar surface area (TPSA) is 130 Å². The summed E-state index contributed by atoms with van der Waals surface area (Å²) < 4.78 is 0. The number of hydrogen-bond donors (Lipinski definition) is 3. The molecule has 0 aliphatic carbocycles. The van der Waals surface area contributed by atoms with Crippen LogP contribution in [0.5, 0.6) is 0 Å². The third-order valence-electron chi connectivity index (χ3n) is 3.83. The van der Waals surface area contributed by atoms with Gasteiger partial charge in [0, 0.05) is 6.42 Å². The van der Waals surface area contributed by atoms with Crippen molar-refractivity contribution in [2.45, 2.75) is 52.4 Å². The number of fused-ring (bicyclic) bond motifs is 1. The molecule has 30 heavy (non-hydrogen) atoms. The monoisotopic (exact) mass is 414 g/mol. The van der Waals surface area contributed by atoms with Gasteiger partial charge in [-0.25, -0.2) is 9.59 Å². The van der Waals surface area contributed by atoms with Crippen molar-refractivity contribution in [3.8, 4) is 0 Å². The van der Waals surface area contributed by atoms with Gasteiger partial charge in [-0.1, -0.05) is 70.0 Å². The molecule has 0 aliphatic heterocycles. The van der Waals surface area contributed by atoms with E-state index in [-0.39, 0.29) is 6.42 Å². The Hall–Kier alpha value is -2.96. The van der Waals surface area contributed by atoms with Crippen molar-refractivity contribution in [1.29, 1.82) is 0 Å². The van der Waals surface area contributed by atoms with Crippen LogP contribution >= 0.6 is 0 Å². The highest BCUT2D eigenvalue weighted by Crippen LogP contribution is 2.20. The number of nitrogens with two attached hydrogens (primary N) is 1. The average molecular weight is 414 g/mol. The van der Waals surface area contributed by atoms with E-state index < -0.39 is 24.0 Å². The molecular weight excluding hydrogens is 383 g/mol. The Bertz CT molecular complexity index is 843. The molecule has 4 N–H and O–H groups in total. The maximum Gasteiger partial charge on any atom is 0.329 e. The van der Waals surface area contributed by atoms with E-state index in [1.54, 1.807) is 0 Å². The minimum absolute atomic E-state index is 0.186. The van der Waals surface area contributed by atoms with Crippen molar-refractivity contribution in [2.75, 3.05) is 0 Å². The van der Waals surface area contributed by atoms with Crippen LogP contribution in [0, 0.1) is 5.92 Å². The number of benzene rings is 2. The lowest BCUT2D eigenvalue weighted by Gasteiger charge is -2.08. The van der Waals surface area contributed by atoms with Crippen molar-refractivity contribution in [3.63, 3.8) is 0 Å². The van der Waals surface area contributed by atoms with Crippen LogP contribution < -0.4 is 5.73 Å². The van der Waals surface area contributed by atoms with E-state index in [2.05, 4.69) is 18.6 Å². The predicted molar refractivity (Wildman–Crippen MR) is 121 cm³/mol. The molecule has 0 radical (unpaired) electrons. The molecule has 2 aromatic rings. The number of aliphatic imine (C=N–C) groups is 1. The van der Waals surface area contributed by atoms with Gasteiger partial charge in [0.25, 0.3) is 0 Å². The molecule has 0 fully saturated rings. The van der Waals surface area contributed by atoms with Crippen molar-refractivity contribution >= 4 is 36.1 Å². The van der Waals surface area contributed by atoms with Crippen LogP contribution in [0.15, 0.2) is 47.5 Å².